The van der Waals surface area contributed by atoms with E-state index in [1.54, 1.807) is 4.90 Å². The van der Waals surface area contributed by atoms with Gasteiger partial charge in [0.25, 0.3) is 11.8 Å². The van der Waals surface area contributed by atoms with E-state index < -0.39 is 23.7 Å². The lowest BCUT2D eigenvalue weighted by atomic mass is 10.0. The maximum absolute atomic E-state index is 13.2. The lowest BCUT2D eigenvalue weighted by Gasteiger charge is -2.26. The van der Waals surface area contributed by atoms with Gasteiger partial charge < -0.3 is 23.9 Å². The fourth-order valence-electron chi connectivity index (χ4n) is 4.35. The molecule has 4 amide bonds. The van der Waals surface area contributed by atoms with Crippen molar-refractivity contribution in [2.24, 2.45) is 0 Å². The molecular weight excluding hydrogens is 586 g/mol. The molecule has 2 heterocycles. The Balaban J connectivity index is 1.01. The van der Waals surface area contributed by atoms with Crippen LogP contribution in [-0.2, 0) is 54.4 Å². The van der Waals surface area contributed by atoms with Gasteiger partial charge in [0.05, 0.1) is 64.9 Å². The number of amides is 4. The van der Waals surface area contributed by atoms with E-state index in [4.69, 9.17) is 23.9 Å². The topological polar surface area (TPSA) is 150 Å². The highest BCUT2D eigenvalue weighted by Gasteiger charge is 2.32. The van der Waals surface area contributed by atoms with Crippen molar-refractivity contribution in [3.05, 3.63) is 65.2 Å². The zero-order valence-electron chi connectivity index (χ0n) is 24.8. The number of carbonyl (C=O) groups is 5. The summed E-state index contributed by atoms with van der Waals surface area (Å²) in [4.78, 5) is 71.5. The number of fused-ring (bicyclic) bond motifs is 2. The van der Waals surface area contributed by atoms with Crippen molar-refractivity contribution in [1.82, 2.24) is 10.5 Å². The number of benzene rings is 2. The molecule has 2 aliphatic rings. The van der Waals surface area contributed by atoms with Crippen molar-refractivity contribution >= 4 is 35.3 Å². The van der Waals surface area contributed by atoms with E-state index in [0.29, 0.717) is 30.5 Å². The maximum atomic E-state index is 13.2. The van der Waals surface area contributed by atoms with Gasteiger partial charge in [-0.3, -0.25) is 24.0 Å². The molecule has 2 aliphatic heterocycles. The first-order valence-corrected chi connectivity index (χ1v) is 14.6. The summed E-state index contributed by atoms with van der Waals surface area (Å²) in [6, 6.07) is 15.1. The summed E-state index contributed by atoms with van der Waals surface area (Å²) >= 11 is 0. The Morgan fingerprint density at radius 1 is 0.711 bits per heavy atom. The van der Waals surface area contributed by atoms with Gasteiger partial charge in [0.15, 0.2) is 0 Å². The number of imide groups is 1. The zero-order valence-corrected chi connectivity index (χ0v) is 24.8. The molecule has 2 aromatic rings. The van der Waals surface area contributed by atoms with Crippen molar-refractivity contribution < 1.29 is 47.9 Å². The molecule has 0 spiro atoms. The molecular formula is C32H35N3O10. The predicted molar refractivity (Wildman–Crippen MR) is 158 cm³/mol. The third-order valence-electron chi connectivity index (χ3n) is 6.65. The van der Waals surface area contributed by atoms with E-state index >= 15 is 0 Å². The maximum Gasteiger partial charge on any atom is 0.335 e. The monoisotopic (exact) mass is 621 g/mol. The number of rotatable bonds is 17. The Morgan fingerprint density at radius 2 is 1.31 bits per heavy atom. The molecule has 45 heavy (non-hydrogen) atoms. The number of nitrogens with one attached hydrogen (secondary N) is 1. The number of hydrogen-bond donors (Lipinski definition) is 1. The summed E-state index contributed by atoms with van der Waals surface area (Å²) in [7, 11) is 0. The minimum atomic E-state index is -0.726. The first-order chi connectivity index (χ1) is 21.9. The number of ether oxygens (including phenoxy) is 3. The minimum absolute atomic E-state index is 0.00137. The van der Waals surface area contributed by atoms with Gasteiger partial charge in [0, 0.05) is 36.8 Å². The van der Waals surface area contributed by atoms with Gasteiger partial charge in [0.2, 0.25) is 11.8 Å². The van der Waals surface area contributed by atoms with Gasteiger partial charge in [-0.25, -0.2) is 10.3 Å². The number of hydrogen-bond acceptors (Lipinski definition) is 10. The lowest BCUT2D eigenvalue weighted by Crippen LogP contribution is -2.33. The van der Waals surface area contributed by atoms with E-state index in [-0.39, 0.29) is 71.0 Å². The molecule has 0 radical (unpaired) electrons. The standard InChI is InChI=1S/C32H35N3O10/c36-28(11-12-29(37)34-23-26-7-2-1-5-24(26)9-10-25-6-3-4-8-27(25)34)33-44-22-21-43-20-19-42-18-17-41-16-15-32(40)45-35-30(38)13-14-31(35)39/h1-8H,11-23H2,(H,33,36). The number of carbonyl (C=O) groups excluding carboxylic acids is 5. The molecule has 0 aromatic heterocycles. The van der Waals surface area contributed by atoms with Crippen LogP contribution in [0.1, 0.15) is 48.8 Å². The van der Waals surface area contributed by atoms with Crippen LogP contribution in [0.25, 0.3) is 0 Å². The second-order valence-corrected chi connectivity index (χ2v) is 9.91. The quantitative estimate of drug-likeness (QED) is 0.120. The number of hydroxylamine groups is 3. The molecule has 0 aliphatic carbocycles. The molecule has 13 nitrogen and oxygen atoms in total. The van der Waals surface area contributed by atoms with Crippen LogP contribution >= 0.6 is 0 Å². The normalized spacial score (nSPS) is 13.7. The van der Waals surface area contributed by atoms with Gasteiger partial charge in [-0.2, -0.15) is 0 Å². The minimum Gasteiger partial charge on any atom is -0.378 e. The highest BCUT2D eigenvalue weighted by atomic mass is 16.7. The smallest absolute Gasteiger partial charge is 0.335 e. The van der Waals surface area contributed by atoms with Gasteiger partial charge >= 0.3 is 5.97 Å². The number of nitrogens with zero attached hydrogens (tertiary/aromatic N) is 2. The number of anilines is 1. The molecule has 13 heteroatoms. The van der Waals surface area contributed by atoms with E-state index in [0.717, 1.165) is 16.7 Å². The molecule has 1 fully saturated rings. The predicted octanol–water partition coefficient (Wildman–Crippen LogP) is 1.81. The van der Waals surface area contributed by atoms with Crippen molar-refractivity contribution in [2.45, 2.75) is 38.6 Å². The SMILES string of the molecule is O=C(CCC(=O)N1Cc2ccccc2C#Cc2ccccc21)NOCCOCCOCCOCCC(=O)ON1C(=O)CCC1=O. The highest BCUT2D eigenvalue weighted by molar-refractivity contribution is 6.01. The summed E-state index contributed by atoms with van der Waals surface area (Å²) in [5.74, 6) is 3.94. The van der Waals surface area contributed by atoms with Crippen LogP contribution in [0, 0.1) is 11.8 Å². The average Bonchev–Trinajstić information content (AvgIpc) is 3.35. The summed E-state index contributed by atoms with van der Waals surface area (Å²) in [6.07, 6.45) is -0.0634. The third-order valence-corrected chi connectivity index (χ3v) is 6.65. The molecule has 0 bridgehead atoms. The number of para-hydroxylation sites is 1. The average molecular weight is 622 g/mol. The molecule has 0 saturated carbocycles. The van der Waals surface area contributed by atoms with Gasteiger partial charge in [-0.1, -0.05) is 42.2 Å². The van der Waals surface area contributed by atoms with Crippen molar-refractivity contribution in [3.8, 4) is 11.8 Å². The Labute approximate surface area is 260 Å². The molecule has 4 rings (SSSR count). The molecule has 1 saturated heterocycles. The molecule has 238 valence electrons. The van der Waals surface area contributed by atoms with Crippen LogP contribution < -0.4 is 10.4 Å². The van der Waals surface area contributed by atoms with Crippen LogP contribution in [0.3, 0.4) is 0 Å². The Kier molecular flexibility index (Phi) is 13.0. The Morgan fingerprint density at radius 3 is 2.04 bits per heavy atom. The largest absolute Gasteiger partial charge is 0.378 e. The molecule has 2 aromatic carbocycles. The summed E-state index contributed by atoms with van der Waals surface area (Å²) < 4.78 is 16.0. The van der Waals surface area contributed by atoms with E-state index in [9.17, 15) is 24.0 Å². The van der Waals surface area contributed by atoms with E-state index in [1.807, 2.05) is 48.5 Å². The molecule has 0 atom stereocenters. The summed E-state index contributed by atoms with van der Waals surface area (Å²) in [5.41, 5.74) is 5.60. The van der Waals surface area contributed by atoms with E-state index in [1.165, 1.54) is 0 Å². The van der Waals surface area contributed by atoms with Crippen LogP contribution in [0.15, 0.2) is 48.5 Å². The third kappa shape index (κ3) is 10.5. The first-order valence-electron chi connectivity index (χ1n) is 14.6. The van der Waals surface area contributed by atoms with Crippen molar-refractivity contribution in [1.29, 1.82) is 0 Å². The fraction of sp³-hybridized carbons (Fsp3) is 0.406. The molecule has 1 N–H and O–H groups in total. The second-order valence-electron chi connectivity index (χ2n) is 9.91. The van der Waals surface area contributed by atoms with Crippen LogP contribution in [0.2, 0.25) is 0 Å². The summed E-state index contributed by atoms with van der Waals surface area (Å²) in [5, 5.41) is 0.501. The van der Waals surface area contributed by atoms with Gasteiger partial charge in [0.1, 0.15) is 0 Å². The van der Waals surface area contributed by atoms with Crippen LogP contribution in [-0.4, -0.2) is 80.9 Å². The van der Waals surface area contributed by atoms with Crippen LogP contribution in [0.5, 0.6) is 0 Å². The Bertz CT molecular complexity index is 1420. The van der Waals surface area contributed by atoms with Crippen molar-refractivity contribution in [2.75, 3.05) is 51.1 Å². The zero-order chi connectivity index (χ0) is 31.9. The molecule has 0 unspecified atom stereocenters. The highest BCUT2D eigenvalue weighted by Crippen LogP contribution is 2.26. The second kappa shape index (κ2) is 17.6. The summed E-state index contributed by atoms with van der Waals surface area (Å²) in [6.45, 7) is 1.85. The lowest BCUT2D eigenvalue weighted by molar-refractivity contribution is -0.198. The van der Waals surface area contributed by atoms with Gasteiger partial charge in [-0.05, 0) is 23.8 Å². The first kappa shape index (κ1) is 33.3. The Hall–Kier alpha value is -4.61. The van der Waals surface area contributed by atoms with Gasteiger partial charge in [-0.15, -0.1) is 5.06 Å². The van der Waals surface area contributed by atoms with Crippen LogP contribution in [0.4, 0.5) is 5.69 Å². The van der Waals surface area contributed by atoms with E-state index in [2.05, 4.69) is 17.3 Å². The fourth-order valence-corrected chi connectivity index (χ4v) is 4.35. The van der Waals surface area contributed by atoms with Crippen molar-refractivity contribution in [3.63, 3.8) is 0 Å².